The summed E-state index contributed by atoms with van der Waals surface area (Å²) in [7, 11) is 6.97. The maximum Gasteiger partial charge on any atom is 0.122 e. The first-order valence-corrected chi connectivity index (χ1v) is 5.62. The van der Waals surface area contributed by atoms with Crippen molar-refractivity contribution in [1.82, 2.24) is 5.32 Å². The van der Waals surface area contributed by atoms with Crippen LogP contribution in [0.2, 0.25) is 0 Å². The standard InChI is InChI=1S/C13H21NO3/c1-14-8-10(9-15-2)12-7-11(16-3)5-6-13(12)17-4/h5-7,10,14H,8-9H2,1-4H3. The summed E-state index contributed by atoms with van der Waals surface area (Å²) >= 11 is 0. The highest BCUT2D eigenvalue weighted by atomic mass is 16.5. The number of ether oxygens (including phenoxy) is 3. The molecule has 0 aliphatic rings. The molecule has 1 N–H and O–H groups in total. The van der Waals surface area contributed by atoms with Crippen LogP contribution in [-0.4, -0.2) is 41.5 Å². The molecule has 1 atom stereocenters. The van der Waals surface area contributed by atoms with E-state index in [2.05, 4.69) is 5.32 Å². The molecule has 1 aromatic rings. The molecule has 1 rings (SSSR count). The van der Waals surface area contributed by atoms with Crippen LogP contribution in [0.5, 0.6) is 11.5 Å². The van der Waals surface area contributed by atoms with E-state index in [1.54, 1.807) is 21.3 Å². The van der Waals surface area contributed by atoms with Crippen LogP contribution in [0, 0.1) is 0 Å². The number of nitrogens with one attached hydrogen (secondary N) is 1. The van der Waals surface area contributed by atoms with E-state index in [0.717, 1.165) is 23.6 Å². The van der Waals surface area contributed by atoms with Crippen molar-refractivity contribution in [2.24, 2.45) is 0 Å². The fourth-order valence-corrected chi connectivity index (χ4v) is 1.86. The van der Waals surface area contributed by atoms with Crippen molar-refractivity contribution in [2.45, 2.75) is 5.92 Å². The molecule has 17 heavy (non-hydrogen) atoms. The Morgan fingerprint density at radius 1 is 1.18 bits per heavy atom. The maximum absolute atomic E-state index is 5.38. The van der Waals surface area contributed by atoms with Crippen molar-refractivity contribution in [1.29, 1.82) is 0 Å². The van der Waals surface area contributed by atoms with E-state index in [4.69, 9.17) is 14.2 Å². The molecule has 0 saturated heterocycles. The minimum Gasteiger partial charge on any atom is -0.497 e. The molecule has 1 unspecified atom stereocenters. The fraction of sp³-hybridized carbons (Fsp3) is 0.538. The van der Waals surface area contributed by atoms with E-state index in [0.29, 0.717) is 6.61 Å². The molecule has 0 radical (unpaired) electrons. The van der Waals surface area contributed by atoms with Crippen molar-refractivity contribution in [3.63, 3.8) is 0 Å². The second-order valence-electron chi connectivity index (χ2n) is 3.82. The van der Waals surface area contributed by atoms with Gasteiger partial charge in [0.25, 0.3) is 0 Å². The monoisotopic (exact) mass is 239 g/mol. The predicted molar refractivity (Wildman–Crippen MR) is 68.1 cm³/mol. The van der Waals surface area contributed by atoms with Gasteiger partial charge >= 0.3 is 0 Å². The Balaban J connectivity index is 3.04. The Kier molecular flexibility index (Phi) is 5.80. The number of rotatable bonds is 7. The lowest BCUT2D eigenvalue weighted by atomic mass is 9.98. The first-order valence-electron chi connectivity index (χ1n) is 5.62. The molecule has 96 valence electrons. The second kappa shape index (κ2) is 7.14. The van der Waals surface area contributed by atoms with Gasteiger partial charge in [0, 0.05) is 25.1 Å². The third kappa shape index (κ3) is 3.61. The summed E-state index contributed by atoms with van der Waals surface area (Å²) in [5.74, 6) is 1.94. The van der Waals surface area contributed by atoms with E-state index < -0.39 is 0 Å². The molecular formula is C13H21NO3. The molecule has 0 aliphatic carbocycles. The van der Waals surface area contributed by atoms with E-state index in [9.17, 15) is 0 Å². The summed E-state index contributed by atoms with van der Waals surface area (Å²) in [6, 6.07) is 5.82. The SMILES string of the molecule is CNCC(COC)c1cc(OC)ccc1OC. The van der Waals surface area contributed by atoms with Gasteiger partial charge in [-0.1, -0.05) is 0 Å². The average molecular weight is 239 g/mol. The maximum atomic E-state index is 5.38. The molecule has 0 heterocycles. The normalized spacial score (nSPS) is 12.2. The van der Waals surface area contributed by atoms with Gasteiger partial charge in [0.05, 0.1) is 20.8 Å². The lowest BCUT2D eigenvalue weighted by Gasteiger charge is -2.19. The van der Waals surface area contributed by atoms with Gasteiger partial charge in [-0.25, -0.2) is 0 Å². The van der Waals surface area contributed by atoms with Crippen LogP contribution in [0.25, 0.3) is 0 Å². The van der Waals surface area contributed by atoms with E-state index >= 15 is 0 Å². The molecular weight excluding hydrogens is 218 g/mol. The Morgan fingerprint density at radius 2 is 1.94 bits per heavy atom. The number of likely N-dealkylation sites (N-methyl/N-ethyl adjacent to an activating group) is 1. The van der Waals surface area contributed by atoms with E-state index in [-0.39, 0.29) is 5.92 Å². The highest BCUT2D eigenvalue weighted by molar-refractivity contribution is 5.42. The first-order chi connectivity index (χ1) is 8.26. The van der Waals surface area contributed by atoms with Gasteiger partial charge < -0.3 is 19.5 Å². The summed E-state index contributed by atoms with van der Waals surface area (Å²) in [5, 5.41) is 3.16. The Hall–Kier alpha value is -1.26. The van der Waals surface area contributed by atoms with Gasteiger partial charge in [-0.3, -0.25) is 0 Å². The fourth-order valence-electron chi connectivity index (χ4n) is 1.86. The van der Waals surface area contributed by atoms with Crippen molar-refractivity contribution >= 4 is 0 Å². The van der Waals surface area contributed by atoms with Crippen LogP contribution in [0.4, 0.5) is 0 Å². The molecule has 0 spiro atoms. The van der Waals surface area contributed by atoms with Crippen molar-refractivity contribution in [3.05, 3.63) is 23.8 Å². The summed E-state index contributed by atoms with van der Waals surface area (Å²) < 4.78 is 15.9. The van der Waals surface area contributed by atoms with Crippen LogP contribution in [0.1, 0.15) is 11.5 Å². The number of methoxy groups -OCH3 is 3. The van der Waals surface area contributed by atoms with Crippen LogP contribution >= 0.6 is 0 Å². The van der Waals surface area contributed by atoms with Gasteiger partial charge in [-0.05, 0) is 25.2 Å². The molecule has 0 aromatic heterocycles. The molecule has 0 bridgehead atoms. The lowest BCUT2D eigenvalue weighted by molar-refractivity contribution is 0.177. The third-order valence-corrected chi connectivity index (χ3v) is 2.70. The number of hydrogen-bond donors (Lipinski definition) is 1. The first kappa shape index (κ1) is 13.8. The molecule has 4 nitrogen and oxygen atoms in total. The van der Waals surface area contributed by atoms with Crippen molar-refractivity contribution in [3.8, 4) is 11.5 Å². The smallest absolute Gasteiger partial charge is 0.122 e. The summed E-state index contributed by atoms with van der Waals surface area (Å²) in [6.45, 7) is 1.47. The lowest BCUT2D eigenvalue weighted by Crippen LogP contribution is -2.21. The quantitative estimate of drug-likeness (QED) is 0.785. The summed E-state index contributed by atoms with van der Waals surface area (Å²) in [4.78, 5) is 0. The van der Waals surface area contributed by atoms with Crippen LogP contribution < -0.4 is 14.8 Å². The molecule has 0 fully saturated rings. The highest BCUT2D eigenvalue weighted by Gasteiger charge is 2.16. The topological polar surface area (TPSA) is 39.7 Å². The largest absolute Gasteiger partial charge is 0.497 e. The van der Waals surface area contributed by atoms with Gasteiger partial charge in [0.2, 0.25) is 0 Å². The van der Waals surface area contributed by atoms with E-state index in [1.165, 1.54) is 0 Å². The van der Waals surface area contributed by atoms with Gasteiger partial charge in [0.15, 0.2) is 0 Å². The predicted octanol–water partition coefficient (Wildman–Crippen LogP) is 1.65. The third-order valence-electron chi connectivity index (χ3n) is 2.70. The molecule has 0 aliphatic heterocycles. The zero-order chi connectivity index (χ0) is 12.7. The van der Waals surface area contributed by atoms with E-state index in [1.807, 2.05) is 25.2 Å². The van der Waals surface area contributed by atoms with Gasteiger partial charge in [-0.15, -0.1) is 0 Å². The Labute approximate surface area is 103 Å². The minimum atomic E-state index is 0.245. The summed E-state index contributed by atoms with van der Waals surface area (Å²) in [5.41, 5.74) is 1.10. The summed E-state index contributed by atoms with van der Waals surface area (Å²) in [6.07, 6.45) is 0. The van der Waals surface area contributed by atoms with Crippen LogP contribution in [0.3, 0.4) is 0 Å². The number of benzene rings is 1. The zero-order valence-electron chi connectivity index (χ0n) is 10.9. The average Bonchev–Trinajstić information content (AvgIpc) is 2.37. The molecule has 4 heteroatoms. The zero-order valence-corrected chi connectivity index (χ0v) is 10.9. The Bertz CT molecular complexity index is 335. The molecule has 1 aromatic carbocycles. The number of hydrogen-bond acceptors (Lipinski definition) is 4. The van der Waals surface area contributed by atoms with Crippen LogP contribution in [-0.2, 0) is 4.74 Å². The van der Waals surface area contributed by atoms with Crippen LogP contribution in [0.15, 0.2) is 18.2 Å². The molecule has 0 amide bonds. The van der Waals surface area contributed by atoms with Crippen molar-refractivity contribution < 1.29 is 14.2 Å². The minimum absolute atomic E-state index is 0.245. The van der Waals surface area contributed by atoms with Gasteiger partial charge in [-0.2, -0.15) is 0 Å². The van der Waals surface area contributed by atoms with Gasteiger partial charge in [0.1, 0.15) is 11.5 Å². The Morgan fingerprint density at radius 3 is 2.47 bits per heavy atom. The second-order valence-corrected chi connectivity index (χ2v) is 3.82. The van der Waals surface area contributed by atoms with Crippen molar-refractivity contribution in [2.75, 3.05) is 41.5 Å². The highest BCUT2D eigenvalue weighted by Crippen LogP contribution is 2.30. The molecule has 0 saturated carbocycles.